The average Bonchev–Trinajstić information content (AvgIpc) is 3.15. The Hall–Kier alpha value is -3.39. The van der Waals surface area contributed by atoms with Crippen LogP contribution in [0.25, 0.3) is 11.1 Å². The lowest BCUT2D eigenvalue weighted by Gasteiger charge is -2.37. The van der Waals surface area contributed by atoms with Crippen molar-refractivity contribution in [1.82, 2.24) is 10.2 Å². The van der Waals surface area contributed by atoms with Crippen LogP contribution in [0.2, 0.25) is 0 Å². The van der Waals surface area contributed by atoms with Gasteiger partial charge in [0.2, 0.25) is 5.91 Å². The molecule has 2 aliphatic rings. The smallest absolute Gasteiger partial charge is 0.407 e. The zero-order chi connectivity index (χ0) is 24.2. The summed E-state index contributed by atoms with van der Waals surface area (Å²) in [4.78, 5) is 37.8. The zero-order valence-electron chi connectivity index (χ0n) is 19.1. The Labute approximate surface area is 198 Å². The lowest BCUT2D eigenvalue weighted by Crippen LogP contribution is -2.50. The Balaban J connectivity index is 1.26. The van der Waals surface area contributed by atoms with Crippen molar-refractivity contribution < 1.29 is 29.3 Å². The van der Waals surface area contributed by atoms with Crippen molar-refractivity contribution in [2.45, 2.75) is 44.2 Å². The maximum Gasteiger partial charge on any atom is 0.407 e. The minimum atomic E-state index is -1.09. The molecule has 4 rings (SSSR count). The third-order valence-corrected chi connectivity index (χ3v) is 6.86. The number of nitrogens with one attached hydrogen (secondary N) is 1. The van der Waals surface area contributed by atoms with Crippen molar-refractivity contribution in [2.75, 3.05) is 19.7 Å². The number of rotatable bonds is 7. The molecule has 180 valence electrons. The molecule has 1 aliphatic heterocycles. The molecule has 2 aromatic rings. The fourth-order valence-corrected chi connectivity index (χ4v) is 5.07. The van der Waals surface area contributed by atoms with E-state index in [2.05, 4.69) is 17.4 Å². The van der Waals surface area contributed by atoms with Gasteiger partial charge < -0.3 is 25.2 Å². The molecule has 8 heteroatoms. The maximum absolute atomic E-state index is 12.6. The third kappa shape index (κ3) is 4.92. The second-order valence-electron chi connectivity index (χ2n) is 8.98. The minimum absolute atomic E-state index is 0.0626. The number of likely N-dealkylation sites (tertiary alicyclic amines) is 1. The normalized spacial score (nSPS) is 20.2. The van der Waals surface area contributed by atoms with Gasteiger partial charge in [-0.25, -0.2) is 4.79 Å². The first-order valence-electron chi connectivity index (χ1n) is 11.7. The molecule has 0 bridgehead atoms. The van der Waals surface area contributed by atoms with Gasteiger partial charge in [0, 0.05) is 25.0 Å². The molecule has 3 N–H and O–H groups in total. The molecule has 0 saturated carbocycles. The van der Waals surface area contributed by atoms with Crippen molar-refractivity contribution in [1.29, 1.82) is 0 Å². The van der Waals surface area contributed by atoms with Crippen molar-refractivity contribution >= 4 is 18.0 Å². The van der Waals surface area contributed by atoms with Crippen LogP contribution in [0.1, 0.15) is 43.2 Å². The lowest BCUT2D eigenvalue weighted by molar-refractivity contribution is -0.149. The lowest BCUT2D eigenvalue weighted by atomic mass is 9.90. The van der Waals surface area contributed by atoms with E-state index >= 15 is 0 Å². The number of piperidine rings is 1. The van der Waals surface area contributed by atoms with Crippen LogP contribution < -0.4 is 5.32 Å². The van der Waals surface area contributed by atoms with Gasteiger partial charge in [0.25, 0.3) is 0 Å². The van der Waals surface area contributed by atoms with Crippen LogP contribution in [-0.4, -0.2) is 64.9 Å². The summed E-state index contributed by atoms with van der Waals surface area (Å²) in [5.74, 6) is -1.90. The number of hydrogen-bond acceptors (Lipinski definition) is 5. The highest BCUT2D eigenvalue weighted by Gasteiger charge is 2.35. The first kappa shape index (κ1) is 23.8. The summed E-state index contributed by atoms with van der Waals surface area (Å²) in [5.41, 5.74) is 4.49. The third-order valence-electron chi connectivity index (χ3n) is 6.86. The number of alkyl carbamates (subject to hydrolysis) is 1. The molecule has 2 amide bonds. The van der Waals surface area contributed by atoms with E-state index in [9.17, 15) is 24.6 Å². The summed E-state index contributed by atoms with van der Waals surface area (Å²) in [6.07, 6.45) is -0.802. The number of carboxylic acids is 1. The number of fused-ring (bicyclic) bond motifs is 3. The number of ether oxygens (including phenoxy) is 1. The van der Waals surface area contributed by atoms with Gasteiger partial charge in [-0.3, -0.25) is 9.59 Å². The summed E-state index contributed by atoms with van der Waals surface area (Å²) in [7, 11) is 0. The fourth-order valence-electron chi connectivity index (χ4n) is 5.07. The van der Waals surface area contributed by atoms with Crippen LogP contribution in [0.4, 0.5) is 4.79 Å². The van der Waals surface area contributed by atoms with Gasteiger partial charge in [0.05, 0.1) is 18.4 Å². The van der Waals surface area contributed by atoms with Crippen LogP contribution in [0.15, 0.2) is 48.5 Å². The number of aliphatic hydroxyl groups excluding tert-OH is 1. The average molecular weight is 467 g/mol. The van der Waals surface area contributed by atoms with Crippen molar-refractivity contribution in [3.63, 3.8) is 0 Å². The molecule has 1 unspecified atom stereocenters. The fraction of sp³-hybridized carbons (Fsp3) is 0.423. The van der Waals surface area contributed by atoms with E-state index in [4.69, 9.17) is 4.74 Å². The van der Waals surface area contributed by atoms with Crippen molar-refractivity contribution in [3.8, 4) is 11.1 Å². The monoisotopic (exact) mass is 466 g/mol. The van der Waals surface area contributed by atoms with E-state index in [0.717, 1.165) is 22.3 Å². The van der Waals surface area contributed by atoms with E-state index in [1.54, 1.807) is 6.92 Å². The second kappa shape index (κ2) is 10.3. The van der Waals surface area contributed by atoms with Gasteiger partial charge in [-0.15, -0.1) is 0 Å². The first-order valence-corrected chi connectivity index (χ1v) is 11.7. The Kier molecular flexibility index (Phi) is 7.17. The number of carbonyl (C=O) groups excluding carboxylic acids is 2. The summed E-state index contributed by atoms with van der Waals surface area (Å²) in [6.45, 7) is 2.22. The Morgan fingerprint density at radius 3 is 2.32 bits per heavy atom. The quantitative estimate of drug-likeness (QED) is 0.578. The number of carbonyl (C=O) groups is 3. The number of benzene rings is 2. The van der Waals surface area contributed by atoms with Gasteiger partial charge in [0.15, 0.2) is 0 Å². The SMILES string of the molecule is C[C@@H]1[C@H](C(=O)O)CCCN1C(=O)CC(O)CNC(=O)OCC1c2ccccc2-c2ccccc21. The predicted molar refractivity (Wildman–Crippen MR) is 125 cm³/mol. The molecule has 0 radical (unpaired) electrons. The highest BCUT2D eigenvalue weighted by Crippen LogP contribution is 2.44. The van der Waals surface area contributed by atoms with Crippen LogP contribution in [0, 0.1) is 5.92 Å². The van der Waals surface area contributed by atoms with Gasteiger partial charge >= 0.3 is 12.1 Å². The summed E-state index contributed by atoms with van der Waals surface area (Å²) in [5, 5.41) is 22.1. The Morgan fingerprint density at radius 1 is 1.09 bits per heavy atom. The standard InChI is InChI=1S/C26H30N2O6/c1-16-18(25(31)32)11-6-12-28(16)24(30)13-17(29)14-27-26(33)34-15-23-21-9-4-2-7-19(21)20-8-3-5-10-22(20)23/h2-5,7-10,16-18,23,29H,6,11-15H2,1H3,(H,27,33)(H,31,32)/t16-,17?,18-/m1/s1. The first-order chi connectivity index (χ1) is 16.4. The van der Waals surface area contributed by atoms with Crippen LogP contribution >= 0.6 is 0 Å². The predicted octanol–water partition coefficient (Wildman–Crippen LogP) is 2.99. The molecule has 34 heavy (non-hydrogen) atoms. The molecule has 1 fully saturated rings. The van der Waals surface area contributed by atoms with Gasteiger partial charge in [-0.05, 0) is 42.0 Å². The molecule has 3 atom stereocenters. The number of amides is 2. The van der Waals surface area contributed by atoms with Gasteiger partial charge in [-0.2, -0.15) is 0 Å². The number of nitrogens with zero attached hydrogens (tertiary/aromatic N) is 1. The molecule has 2 aromatic carbocycles. The molecule has 1 aliphatic carbocycles. The van der Waals surface area contributed by atoms with E-state index in [0.29, 0.717) is 19.4 Å². The van der Waals surface area contributed by atoms with Crippen LogP contribution in [-0.2, 0) is 14.3 Å². The van der Waals surface area contributed by atoms with E-state index in [-0.39, 0.29) is 31.4 Å². The number of aliphatic hydroxyl groups is 1. The molecule has 1 heterocycles. The van der Waals surface area contributed by atoms with Crippen LogP contribution in [0.3, 0.4) is 0 Å². The number of hydrogen-bond donors (Lipinski definition) is 3. The molecule has 0 spiro atoms. The second-order valence-corrected chi connectivity index (χ2v) is 8.98. The summed E-state index contributed by atoms with van der Waals surface area (Å²) >= 11 is 0. The van der Waals surface area contributed by atoms with Crippen molar-refractivity contribution in [3.05, 3.63) is 59.7 Å². The molecule has 8 nitrogen and oxygen atoms in total. The largest absolute Gasteiger partial charge is 0.481 e. The van der Waals surface area contributed by atoms with Crippen molar-refractivity contribution in [2.24, 2.45) is 5.92 Å². The summed E-state index contributed by atoms with van der Waals surface area (Å²) in [6, 6.07) is 15.7. The minimum Gasteiger partial charge on any atom is -0.481 e. The van der Waals surface area contributed by atoms with Crippen LogP contribution in [0.5, 0.6) is 0 Å². The molecular weight excluding hydrogens is 436 g/mol. The van der Waals surface area contributed by atoms with Gasteiger partial charge in [0.1, 0.15) is 6.61 Å². The Bertz CT molecular complexity index is 1030. The van der Waals surface area contributed by atoms with E-state index < -0.39 is 30.1 Å². The summed E-state index contributed by atoms with van der Waals surface area (Å²) < 4.78 is 5.45. The highest BCUT2D eigenvalue weighted by molar-refractivity contribution is 5.80. The number of aliphatic carboxylic acids is 1. The van der Waals surface area contributed by atoms with E-state index in [1.165, 1.54) is 4.90 Å². The van der Waals surface area contributed by atoms with E-state index in [1.807, 2.05) is 36.4 Å². The molecular formula is C26H30N2O6. The zero-order valence-corrected chi connectivity index (χ0v) is 19.1. The Morgan fingerprint density at radius 2 is 1.71 bits per heavy atom. The highest BCUT2D eigenvalue weighted by atomic mass is 16.5. The topological polar surface area (TPSA) is 116 Å². The van der Waals surface area contributed by atoms with Gasteiger partial charge in [-0.1, -0.05) is 48.5 Å². The number of carboxylic acid groups (broad SMARTS) is 1. The maximum atomic E-state index is 12.6. The molecule has 0 aromatic heterocycles. The molecule has 1 saturated heterocycles.